The Labute approximate surface area is 134 Å². The van der Waals surface area contributed by atoms with Crippen molar-refractivity contribution in [2.75, 3.05) is 0 Å². The van der Waals surface area contributed by atoms with Crippen molar-refractivity contribution >= 4 is 7.32 Å². The van der Waals surface area contributed by atoms with Gasteiger partial charge in [0.1, 0.15) is 23.1 Å². The van der Waals surface area contributed by atoms with Crippen LogP contribution in [0, 0.1) is 5.82 Å². The van der Waals surface area contributed by atoms with Crippen molar-refractivity contribution in [2.24, 2.45) is 0 Å². The number of rotatable bonds is 6. The largest absolute Gasteiger partial charge is 0.864 e. The van der Waals surface area contributed by atoms with Crippen LogP contribution in [-0.2, 0) is 0 Å². The molecule has 0 aliphatic heterocycles. The second-order valence-corrected chi connectivity index (χ2v) is 4.72. The van der Waals surface area contributed by atoms with Crippen molar-refractivity contribution in [2.45, 2.75) is 0 Å². The first-order chi connectivity index (χ1) is 11.3. The zero-order chi connectivity index (χ0) is 15.9. The summed E-state index contributed by atoms with van der Waals surface area (Å²) < 4.78 is 30.1. The highest BCUT2D eigenvalue weighted by Crippen LogP contribution is 2.18. The molecule has 114 valence electrons. The molecule has 0 fully saturated rings. The molecular weight excluding hydrogens is 294 g/mol. The number of para-hydroxylation sites is 2. The molecule has 0 aliphatic carbocycles. The highest BCUT2D eigenvalue weighted by Gasteiger charge is 2.30. The third kappa shape index (κ3) is 4.51. The lowest BCUT2D eigenvalue weighted by molar-refractivity contribution is 0.307. The van der Waals surface area contributed by atoms with E-state index >= 15 is 0 Å². The lowest BCUT2D eigenvalue weighted by Crippen LogP contribution is -2.36. The topological polar surface area (TPSA) is 27.7 Å². The predicted molar refractivity (Wildman–Crippen MR) is 86.9 cm³/mol. The maximum absolute atomic E-state index is 13.0. The molecule has 0 heterocycles. The Bertz CT molecular complexity index is 679. The average Bonchev–Trinajstić information content (AvgIpc) is 2.59. The van der Waals surface area contributed by atoms with Crippen LogP contribution in [0.2, 0.25) is 0 Å². The normalized spacial score (nSPS) is 9.96. The second kappa shape index (κ2) is 7.36. The minimum Gasteiger partial charge on any atom is -0.490 e. The van der Waals surface area contributed by atoms with Gasteiger partial charge in [-0.2, -0.15) is 0 Å². The summed E-state index contributed by atoms with van der Waals surface area (Å²) in [5.41, 5.74) is 0. The Hall–Kier alpha value is -2.95. The third-order valence-electron chi connectivity index (χ3n) is 3.00. The van der Waals surface area contributed by atoms with Crippen LogP contribution in [0.25, 0.3) is 0 Å². The van der Waals surface area contributed by atoms with Crippen LogP contribution in [0.3, 0.4) is 0 Å². The summed E-state index contributed by atoms with van der Waals surface area (Å²) in [6.07, 6.45) is 0. The standard InChI is InChI=1S/C18H14BFO3/c20-15-11-13-18(14-12-15)23-19(21-16-7-3-1-4-8-16)22-17-9-5-2-6-10-17/h1-14H. The van der Waals surface area contributed by atoms with E-state index in [1.165, 1.54) is 24.3 Å². The van der Waals surface area contributed by atoms with Crippen LogP contribution in [0.15, 0.2) is 84.9 Å². The summed E-state index contributed by atoms with van der Waals surface area (Å²) >= 11 is 0. The molecule has 0 aromatic heterocycles. The fourth-order valence-corrected chi connectivity index (χ4v) is 1.92. The van der Waals surface area contributed by atoms with Crippen LogP contribution in [-0.4, -0.2) is 7.32 Å². The van der Waals surface area contributed by atoms with Crippen LogP contribution in [0.5, 0.6) is 17.2 Å². The zero-order valence-corrected chi connectivity index (χ0v) is 12.3. The smallest absolute Gasteiger partial charge is 0.490 e. The van der Waals surface area contributed by atoms with Gasteiger partial charge in [-0.05, 0) is 48.5 Å². The minimum atomic E-state index is -0.995. The Morgan fingerprint density at radius 2 is 0.913 bits per heavy atom. The molecule has 3 rings (SSSR count). The summed E-state index contributed by atoms with van der Waals surface area (Å²) in [5.74, 6) is 1.33. The monoisotopic (exact) mass is 308 g/mol. The van der Waals surface area contributed by atoms with Crippen LogP contribution in [0.1, 0.15) is 0 Å². The molecule has 0 amide bonds. The van der Waals surface area contributed by atoms with Gasteiger partial charge in [-0.25, -0.2) is 4.39 Å². The van der Waals surface area contributed by atoms with Crippen LogP contribution >= 0.6 is 0 Å². The summed E-state index contributed by atoms with van der Waals surface area (Å²) in [4.78, 5) is 0. The first kappa shape index (κ1) is 15.0. The number of hydrogen-bond donors (Lipinski definition) is 0. The molecule has 0 N–H and O–H groups in total. The Morgan fingerprint density at radius 1 is 0.522 bits per heavy atom. The van der Waals surface area contributed by atoms with Gasteiger partial charge in [0.25, 0.3) is 0 Å². The van der Waals surface area contributed by atoms with E-state index in [1.54, 1.807) is 24.3 Å². The molecule has 0 saturated heterocycles. The molecule has 23 heavy (non-hydrogen) atoms. The van der Waals surface area contributed by atoms with Crippen LogP contribution in [0.4, 0.5) is 4.39 Å². The zero-order valence-electron chi connectivity index (χ0n) is 12.3. The van der Waals surface area contributed by atoms with Crippen molar-refractivity contribution in [3.05, 3.63) is 90.7 Å². The fraction of sp³-hybridized carbons (Fsp3) is 0. The van der Waals surface area contributed by atoms with Gasteiger partial charge in [-0.1, -0.05) is 36.4 Å². The van der Waals surface area contributed by atoms with E-state index in [0.29, 0.717) is 17.2 Å². The molecule has 5 heteroatoms. The van der Waals surface area contributed by atoms with E-state index in [2.05, 4.69) is 0 Å². The lowest BCUT2D eigenvalue weighted by atomic mass is 10.2. The van der Waals surface area contributed by atoms with Crippen molar-refractivity contribution in [3.63, 3.8) is 0 Å². The molecule has 0 unspecified atom stereocenters. The Kier molecular flexibility index (Phi) is 4.79. The predicted octanol–water partition coefficient (Wildman–Crippen LogP) is 4.35. The van der Waals surface area contributed by atoms with E-state index in [1.807, 2.05) is 36.4 Å². The fourth-order valence-electron chi connectivity index (χ4n) is 1.92. The number of halogens is 1. The molecule has 0 spiro atoms. The van der Waals surface area contributed by atoms with Gasteiger partial charge < -0.3 is 14.0 Å². The molecule has 0 bridgehead atoms. The molecule has 0 atom stereocenters. The average molecular weight is 308 g/mol. The van der Waals surface area contributed by atoms with Gasteiger partial charge in [0.15, 0.2) is 0 Å². The molecule has 0 aliphatic rings. The first-order valence-electron chi connectivity index (χ1n) is 7.15. The van der Waals surface area contributed by atoms with Crippen molar-refractivity contribution in [1.29, 1.82) is 0 Å². The molecule has 3 nitrogen and oxygen atoms in total. The lowest BCUT2D eigenvalue weighted by Gasteiger charge is -2.16. The number of benzene rings is 3. The highest BCUT2D eigenvalue weighted by atomic mass is 19.1. The molecule has 0 radical (unpaired) electrons. The first-order valence-corrected chi connectivity index (χ1v) is 7.15. The van der Waals surface area contributed by atoms with Gasteiger partial charge in [0.05, 0.1) is 0 Å². The quantitative estimate of drug-likeness (QED) is 0.634. The number of hydrogen-bond acceptors (Lipinski definition) is 3. The maximum atomic E-state index is 13.0. The van der Waals surface area contributed by atoms with Gasteiger partial charge in [-0.15, -0.1) is 0 Å². The Balaban J connectivity index is 1.76. The van der Waals surface area contributed by atoms with Gasteiger partial charge >= 0.3 is 7.32 Å². The second-order valence-electron chi connectivity index (χ2n) is 4.72. The molecule has 3 aromatic carbocycles. The van der Waals surface area contributed by atoms with Gasteiger partial charge in [-0.3, -0.25) is 0 Å². The van der Waals surface area contributed by atoms with E-state index in [9.17, 15) is 4.39 Å². The summed E-state index contributed by atoms with van der Waals surface area (Å²) in [7, 11) is -0.995. The highest BCUT2D eigenvalue weighted by molar-refractivity contribution is 6.39. The summed E-state index contributed by atoms with van der Waals surface area (Å²) in [5, 5.41) is 0. The van der Waals surface area contributed by atoms with Gasteiger partial charge in [0.2, 0.25) is 0 Å². The maximum Gasteiger partial charge on any atom is 0.864 e. The van der Waals surface area contributed by atoms with E-state index in [4.69, 9.17) is 14.0 Å². The SMILES string of the molecule is Fc1ccc(OB(Oc2ccccc2)Oc2ccccc2)cc1. The van der Waals surface area contributed by atoms with Crippen molar-refractivity contribution in [3.8, 4) is 17.2 Å². The van der Waals surface area contributed by atoms with Crippen molar-refractivity contribution in [1.82, 2.24) is 0 Å². The third-order valence-corrected chi connectivity index (χ3v) is 3.00. The van der Waals surface area contributed by atoms with Crippen molar-refractivity contribution < 1.29 is 18.4 Å². The summed E-state index contributed by atoms with van der Waals surface area (Å²) in [6, 6.07) is 24.1. The van der Waals surface area contributed by atoms with E-state index in [0.717, 1.165) is 0 Å². The van der Waals surface area contributed by atoms with E-state index < -0.39 is 7.32 Å². The van der Waals surface area contributed by atoms with Crippen LogP contribution < -0.4 is 14.0 Å². The summed E-state index contributed by atoms with van der Waals surface area (Å²) in [6.45, 7) is 0. The van der Waals surface area contributed by atoms with E-state index in [-0.39, 0.29) is 5.82 Å². The Morgan fingerprint density at radius 3 is 1.35 bits per heavy atom. The molecular formula is C18H14BFO3. The van der Waals surface area contributed by atoms with Gasteiger partial charge in [0, 0.05) is 0 Å². The molecule has 3 aromatic rings. The molecule has 0 saturated carbocycles. The minimum absolute atomic E-state index is 0.332.